The van der Waals surface area contributed by atoms with Crippen LogP contribution in [0.1, 0.15) is 40.7 Å². The lowest BCUT2D eigenvalue weighted by molar-refractivity contribution is 0.0951. The van der Waals surface area contributed by atoms with Gasteiger partial charge in [0.25, 0.3) is 5.91 Å². The Hall–Kier alpha value is -0.910. The molecule has 20 heavy (non-hydrogen) atoms. The molecule has 106 valence electrons. The molecule has 0 saturated carbocycles. The molecule has 0 aliphatic heterocycles. The maximum Gasteiger partial charge on any atom is 0.251 e. The summed E-state index contributed by atoms with van der Waals surface area (Å²) < 4.78 is 1.05. The Balaban J connectivity index is 2.09. The van der Waals surface area contributed by atoms with Crippen molar-refractivity contribution in [1.82, 2.24) is 10.3 Å². The van der Waals surface area contributed by atoms with Gasteiger partial charge in [0.1, 0.15) is 5.15 Å². The SMILES string of the molecule is CC(C)c1cc(C(=O)NCc2ccc(Br)s2)cc(Cl)n1. The molecule has 3 nitrogen and oxygen atoms in total. The lowest BCUT2D eigenvalue weighted by Gasteiger charge is -2.09. The second-order valence-electron chi connectivity index (χ2n) is 4.65. The van der Waals surface area contributed by atoms with Gasteiger partial charge in [-0.1, -0.05) is 25.4 Å². The highest BCUT2D eigenvalue weighted by Crippen LogP contribution is 2.22. The van der Waals surface area contributed by atoms with Crippen LogP contribution in [0.15, 0.2) is 28.1 Å². The number of halogens is 2. The Morgan fingerprint density at radius 2 is 2.20 bits per heavy atom. The number of aromatic nitrogens is 1. The third kappa shape index (κ3) is 4.04. The normalized spacial score (nSPS) is 10.8. The zero-order chi connectivity index (χ0) is 14.7. The predicted molar refractivity (Wildman–Crippen MR) is 86.5 cm³/mol. The molecule has 0 atom stereocenters. The van der Waals surface area contributed by atoms with Gasteiger partial charge in [0.05, 0.1) is 10.3 Å². The molecule has 2 aromatic rings. The van der Waals surface area contributed by atoms with Gasteiger partial charge in [-0.3, -0.25) is 4.79 Å². The van der Waals surface area contributed by atoms with Crippen molar-refractivity contribution < 1.29 is 4.79 Å². The Morgan fingerprint density at radius 3 is 2.80 bits per heavy atom. The summed E-state index contributed by atoms with van der Waals surface area (Å²) in [4.78, 5) is 17.5. The number of nitrogens with zero attached hydrogens (tertiary/aromatic N) is 1. The Kier molecular flexibility index (Phi) is 5.18. The standard InChI is InChI=1S/C14H14BrClN2OS/c1-8(2)11-5-9(6-13(16)18-11)14(19)17-7-10-3-4-12(15)20-10/h3-6,8H,7H2,1-2H3,(H,17,19). The average molecular weight is 374 g/mol. The molecule has 6 heteroatoms. The van der Waals surface area contributed by atoms with Gasteiger partial charge >= 0.3 is 0 Å². The summed E-state index contributed by atoms with van der Waals surface area (Å²) in [6.45, 7) is 4.54. The summed E-state index contributed by atoms with van der Waals surface area (Å²) in [5.41, 5.74) is 1.37. The van der Waals surface area contributed by atoms with Crippen molar-refractivity contribution >= 4 is 44.8 Å². The van der Waals surface area contributed by atoms with E-state index in [-0.39, 0.29) is 11.8 Å². The topological polar surface area (TPSA) is 42.0 Å². The van der Waals surface area contributed by atoms with Crippen LogP contribution in [0.25, 0.3) is 0 Å². The predicted octanol–water partition coefficient (Wildman–Crippen LogP) is 4.61. The lowest BCUT2D eigenvalue weighted by atomic mass is 10.1. The summed E-state index contributed by atoms with van der Waals surface area (Å²) in [6.07, 6.45) is 0. The van der Waals surface area contributed by atoms with Crippen molar-refractivity contribution in [2.24, 2.45) is 0 Å². The highest BCUT2D eigenvalue weighted by molar-refractivity contribution is 9.11. The van der Waals surface area contributed by atoms with Crippen molar-refractivity contribution in [2.75, 3.05) is 0 Å². The number of hydrogen-bond donors (Lipinski definition) is 1. The summed E-state index contributed by atoms with van der Waals surface area (Å²) >= 11 is 11.0. The van der Waals surface area contributed by atoms with Crippen LogP contribution in [0.5, 0.6) is 0 Å². The molecule has 2 aromatic heterocycles. The van der Waals surface area contributed by atoms with Crippen molar-refractivity contribution in [3.05, 3.63) is 49.3 Å². The first kappa shape index (κ1) is 15.5. The van der Waals surface area contributed by atoms with Crippen LogP contribution in [0.2, 0.25) is 5.15 Å². The van der Waals surface area contributed by atoms with Gasteiger partial charge in [-0.2, -0.15) is 0 Å². The highest BCUT2D eigenvalue weighted by atomic mass is 79.9. The molecule has 0 spiro atoms. The number of nitrogens with one attached hydrogen (secondary N) is 1. The number of thiophene rings is 1. The summed E-state index contributed by atoms with van der Waals surface area (Å²) in [6, 6.07) is 7.32. The van der Waals surface area contributed by atoms with E-state index in [9.17, 15) is 4.79 Å². The zero-order valence-electron chi connectivity index (χ0n) is 11.1. The first-order valence-electron chi connectivity index (χ1n) is 6.15. The van der Waals surface area contributed by atoms with Gasteiger partial charge in [-0.25, -0.2) is 4.98 Å². The van der Waals surface area contributed by atoms with Crippen molar-refractivity contribution in [1.29, 1.82) is 0 Å². The van der Waals surface area contributed by atoms with E-state index in [0.717, 1.165) is 14.4 Å². The number of rotatable bonds is 4. The summed E-state index contributed by atoms with van der Waals surface area (Å²) in [7, 11) is 0. The van der Waals surface area contributed by atoms with Crippen LogP contribution >= 0.6 is 38.9 Å². The Bertz CT molecular complexity index is 627. The van der Waals surface area contributed by atoms with E-state index < -0.39 is 0 Å². The van der Waals surface area contributed by atoms with E-state index in [0.29, 0.717) is 17.3 Å². The Labute approximate surface area is 135 Å². The minimum atomic E-state index is -0.138. The van der Waals surface area contributed by atoms with E-state index in [1.165, 1.54) is 0 Å². The fourth-order valence-electron chi connectivity index (χ4n) is 1.66. The van der Waals surface area contributed by atoms with Gasteiger partial charge in [0, 0.05) is 16.1 Å². The van der Waals surface area contributed by atoms with E-state index >= 15 is 0 Å². The zero-order valence-corrected chi connectivity index (χ0v) is 14.3. The maximum atomic E-state index is 12.1. The first-order valence-corrected chi connectivity index (χ1v) is 8.14. The molecular formula is C14H14BrClN2OS. The van der Waals surface area contributed by atoms with Crippen LogP contribution in [0.4, 0.5) is 0 Å². The molecule has 0 bridgehead atoms. The summed E-state index contributed by atoms with van der Waals surface area (Å²) in [5.74, 6) is 0.0919. The van der Waals surface area contributed by atoms with Crippen molar-refractivity contribution in [3.63, 3.8) is 0 Å². The second-order valence-corrected chi connectivity index (χ2v) is 7.58. The smallest absolute Gasteiger partial charge is 0.251 e. The Morgan fingerprint density at radius 1 is 1.45 bits per heavy atom. The van der Waals surface area contributed by atoms with Gasteiger partial charge in [0.15, 0.2) is 0 Å². The first-order chi connectivity index (χ1) is 9.45. The van der Waals surface area contributed by atoms with E-state index in [2.05, 4.69) is 26.2 Å². The molecule has 2 rings (SSSR count). The second kappa shape index (κ2) is 6.70. The molecule has 0 saturated heterocycles. The minimum Gasteiger partial charge on any atom is -0.347 e. The van der Waals surface area contributed by atoms with E-state index in [1.807, 2.05) is 26.0 Å². The number of amides is 1. The van der Waals surface area contributed by atoms with E-state index in [4.69, 9.17) is 11.6 Å². The number of carbonyl (C=O) groups is 1. The summed E-state index contributed by atoms with van der Waals surface area (Å²) in [5, 5.41) is 3.23. The molecule has 0 aliphatic rings. The quantitative estimate of drug-likeness (QED) is 0.795. The van der Waals surface area contributed by atoms with Crippen molar-refractivity contribution in [2.45, 2.75) is 26.3 Å². The van der Waals surface area contributed by atoms with Crippen LogP contribution in [0.3, 0.4) is 0 Å². The fraction of sp³-hybridized carbons (Fsp3) is 0.286. The molecule has 0 aromatic carbocycles. The lowest BCUT2D eigenvalue weighted by Crippen LogP contribution is -2.22. The highest BCUT2D eigenvalue weighted by Gasteiger charge is 2.11. The molecule has 0 fully saturated rings. The third-order valence-corrected chi connectivity index (χ3v) is 4.54. The molecule has 0 unspecified atom stereocenters. The maximum absolute atomic E-state index is 12.1. The van der Waals surface area contributed by atoms with Crippen LogP contribution in [-0.2, 0) is 6.54 Å². The van der Waals surface area contributed by atoms with E-state index in [1.54, 1.807) is 23.5 Å². The fourth-order valence-corrected chi connectivity index (χ4v) is 3.30. The third-order valence-electron chi connectivity index (χ3n) is 2.72. The largest absolute Gasteiger partial charge is 0.347 e. The van der Waals surface area contributed by atoms with Crippen molar-refractivity contribution in [3.8, 4) is 0 Å². The van der Waals surface area contributed by atoms with Gasteiger partial charge in [0.2, 0.25) is 0 Å². The monoisotopic (exact) mass is 372 g/mol. The average Bonchev–Trinajstić information content (AvgIpc) is 2.81. The van der Waals surface area contributed by atoms with Crippen LogP contribution in [-0.4, -0.2) is 10.9 Å². The molecule has 0 radical (unpaired) electrons. The number of pyridine rings is 1. The molecule has 2 heterocycles. The van der Waals surface area contributed by atoms with Gasteiger partial charge < -0.3 is 5.32 Å². The molecule has 1 N–H and O–H groups in total. The van der Waals surface area contributed by atoms with Crippen LogP contribution < -0.4 is 5.32 Å². The minimum absolute atomic E-state index is 0.138. The van der Waals surface area contributed by atoms with Crippen LogP contribution in [0, 0.1) is 0 Å². The number of hydrogen-bond acceptors (Lipinski definition) is 3. The molecule has 0 aliphatic carbocycles. The van der Waals surface area contributed by atoms with Gasteiger partial charge in [-0.05, 0) is 46.1 Å². The molecular weight excluding hydrogens is 360 g/mol. The molecule has 1 amide bonds. The van der Waals surface area contributed by atoms with Gasteiger partial charge in [-0.15, -0.1) is 11.3 Å². The number of carbonyl (C=O) groups excluding carboxylic acids is 1.